The van der Waals surface area contributed by atoms with Crippen LogP contribution in [0.15, 0.2) is 22.9 Å². The summed E-state index contributed by atoms with van der Waals surface area (Å²) in [6.45, 7) is 3.42. The molecule has 1 heterocycles. The number of pyridine rings is 1. The Kier molecular flexibility index (Phi) is 3.26. The third-order valence-electron chi connectivity index (χ3n) is 2.02. The molecule has 0 aromatic carbocycles. The summed E-state index contributed by atoms with van der Waals surface area (Å²) in [6, 6.07) is 3.67. The second-order valence-electron chi connectivity index (χ2n) is 3.85. The van der Waals surface area contributed by atoms with Crippen molar-refractivity contribution in [3.8, 4) is 0 Å². The number of aromatic nitrogens is 1. The maximum Gasteiger partial charge on any atom is 0.309 e. The summed E-state index contributed by atoms with van der Waals surface area (Å²) in [5.74, 6) is -0.787. The fraction of sp³-hybridized carbons (Fsp3) is 0.400. The van der Waals surface area contributed by atoms with Crippen molar-refractivity contribution < 1.29 is 9.90 Å². The normalized spacial score (nSPS) is 11.4. The molecule has 76 valence electrons. The third-order valence-corrected chi connectivity index (χ3v) is 2.45. The minimum absolute atomic E-state index is 0.503. The molecule has 0 fully saturated rings. The number of carboxylic acids is 1. The average molecular weight is 258 g/mol. The topological polar surface area (TPSA) is 50.2 Å². The zero-order chi connectivity index (χ0) is 10.8. The van der Waals surface area contributed by atoms with E-state index in [1.54, 1.807) is 20.0 Å². The smallest absolute Gasteiger partial charge is 0.309 e. The summed E-state index contributed by atoms with van der Waals surface area (Å²) in [4.78, 5) is 14.9. The van der Waals surface area contributed by atoms with Crippen LogP contribution < -0.4 is 0 Å². The summed E-state index contributed by atoms with van der Waals surface area (Å²) in [7, 11) is 0. The van der Waals surface area contributed by atoms with Crippen molar-refractivity contribution in [2.45, 2.75) is 20.3 Å². The van der Waals surface area contributed by atoms with Gasteiger partial charge in [0.05, 0.1) is 5.41 Å². The molecule has 0 atom stereocenters. The number of rotatable bonds is 3. The standard InChI is InChI=1S/C10H12BrNO2/c1-10(2,9(13)14)6-7-3-4-12-8(11)5-7/h3-5H,6H2,1-2H3,(H,13,14). The van der Waals surface area contributed by atoms with Crippen LogP contribution in [0.25, 0.3) is 0 Å². The van der Waals surface area contributed by atoms with Crippen molar-refractivity contribution in [2.24, 2.45) is 5.41 Å². The molecule has 0 amide bonds. The lowest BCUT2D eigenvalue weighted by Gasteiger charge is -2.18. The highest BCUT2D eigenvalue weighted by atomic mass is 79.9. The minimum atomic E-state index is -0.787. The Balaban J connectivity index is 2.83. The van der Waals surface area contributed by atoms with E-state index in [0.29, 0.717) is 6.42 Å². The summed E-state index contributed by atoms with van der Waals surface area (Å²) in [6.07, 6.45) is 2.17. The van der Waals surface area contributed by atoms with Gasteiger partial charge in [-0.25, -0.2) is 4.98 Å². The molecule has 1 aromatic rings. The molecule has 0 saturated carbocycles. The first-order valence-electron chi connectivity index (χ1n) is 4.25. The van der Waals surface area contributed by atoms with Crippen molar-refractivity contribution >= 4 is 21.9 Å². The van der Waals surface area contributed by atoms with Crippen LogP contribution in [0.3, 0.4) is 0 Å². The Morgan fingerprint density at radius 2 is 2.29 bits per heavy atom. The van der Waals surface area contributed by atoms with Crippen LogP contribution in [0.2, 0.25) is 0 Å². The van der Waals surface area contributed by atoms with Crippen LogP contribution >= 0.6 is 15.9 Å². The minimum Gasteiger partial charge on any atom is -0.481 e. The van der Waals surface area contributed by atoms with E-state index in [0.717, 1.165) is 10.2 Å². The van der Waals surface area contributed by atoms with Crippen LogP contribution in [0.1, 0.15) is 19.4 Å². The Labute approximate surface area is 91.3 Å². The van der Waals surface area contributed by atoms with Crippen molar-refractivity contribution in [1.82, 2.24) is 4.98 Å². The van der Waals surface area contributed by atoms with Gasteiger partial charge in [-0.15, -0.1) is 0 Å². The van der Waals surface area contributed by atoms with E-state index in [2.05, 4.69) is 20.9 Å². The van der Waals surface area contributed by atoms with E-state index in [1.165, 1.54) is 0 Å². The first kappa shape index (κ1) is 11.2. The molecule has 14 heavy (non-hydrogen) atoms. The Bertz CT molecular complexity index is 350. The van der Waals surface area contributed by atoms with Crippen molar-refractivity contribution in [3.63, 3.8) is 0 Å². The average Bonchev–Trinajstić information content (AvgIpc) is 2.02. The van der Waals surface area contributed by atoms with Crippen molar-refractivity contribution in [3.05, 3.63) is 28.5 Å². The van der Waals surface area contributed by atoms with Gasteiger partial charge in [-0.2, -0.15) is 0 Å². The summed E-state index contributed by atoms with van der Waals surface area (Å²) in [5.41, 5.74) is 0.236. The quantitative estimate of drug-likeness (QED) is 0.847. The van der Waals surface area contributed by atoms with Crippen LogP contribution in [-0.4, -0.2) is 16.1 Å². The van der Waals surface area contributed by atoms with Gasteiger partial charge in [0, 0.05) is 6.20 Å². The Morgan fingerprint density at radius 3 is 2.79 bits per heavy atom. The summed E-state index contributed by atoms with van der Waals surface area (Å²) < 4.78 is 0.733. The highest BCUT2D eigenvalue weighted by Crippen LogP contribution is 2.22. The van der Waals surface area contributed by atoms with Crippen molar-refractivity contribution in [1.29, 1.82) is 0 Å². The van der Waals surface area contributed by atoms with Gasteiger partial charge in [0.15, 0.2) is 0 Å². The summed E-state index contributed by atoms with van der Waals surface area (Å²) >= 11 is 3.25. The molecule has 1 aromatic heterocycles. The Hall–Kier alpha value is -0.900. The van der Waals surface area contributed by atoms with E-state index in [9.17, 15) is 4.79 Å². The molecule has 1 rings (SSSR count). The molecule has 0 unspecified atom stereocenters. The van der Waals surface area contributed by atoms with Gasteiger partial charge in [-0.05, 0) is 53.9 Å². The first-order valence-corrected chi connectivity index (χ1v) is 5.05. The lowest BCUT2D eigenvalue weighted by molar-refractivity contribution is -0.146. The zero-order valence-corrected chi connectivity index (χ0v) is 9.71. The molecule has 0 aliphatic heterocycles. The molecule has 0 aliphatic carbocycles. The first-order chi connectivity index (χ1) is 6.42. The molecule has 4 heteroatoms. The largest absolute Gasteiger partial charge is 0.481 e. The predicted octanol–water partition coefficient (Wildman–Crippen LogP) is 2.50. The highest BCUT2D eigenvalue weighted by Gasteiger charge is 2.27. The van der Waals surface area contributed by atoms with Gasteiger partial charge in [-0.1, -0.05) is 0 Å². The SMILES string of the molecule is CC(C)(Cc1ccnc(Br)c1)C(=O)O. The van der Waals surface area contributed by atoms with Crippen LogP contribution in [0.5, 0.6) is 0 Å². The number of nitrogens with zero attached hydrogens (tertiary/aromatic N) is 1. The molecule has 1 N–H and O–H groups in total. The second kappa shape index (κ2) is 4.09. The van der Waals surface area contributed by atoms with Gasteiger partial charge in [0.1, 0.15) is 4.60 Å². The molecule has 0 saturated heterocycles. The molecular weight excluding hydrogens is 246 g/mol. The predicted molar refractivity (Wildman–Crippen MR) is 57.1 cm³/mol. The van der Waals surface area contributed by atoms with E-state index in [4.69, 9.17) is 5.11 Å². The second-order valence-corrected chi connectivity index (χ2v) is 4.67. The van der Waals surface area contributed by atoms with Crippen LogP contribution in [-0.2, 0) is 11.2 Å². The third kappa shape index (κ3) is 2.80. The van der Waals surface area contributed by atoms with Crippen LogP contribution in [0.4, 0.5) is 0 Å². The van der Waals surface area contributed by atoms with E-state index in [1.807, 2.05) is 12.1 Å². The number of carbonyl (C=O) groups is 1. The number of halogens is 1. The number of hydrogen-bond donors (Lipinski definition) is 1. The monoisotopic (exact) mass is 257 g/mol. The summed E-state index contributed by atoms with van der Waals surface area (Å²) in [5, 5.41) is 8.94. The zero-order valence-electron chi connectivity index (χ0n) is 8.12. The highest BCUT2D eigenvalue weighted by molar-refractivity contribution is 9.10. The molecule has 0 bridgehead atoms. The van der Waals surface area contributed by atoms with Crippen molar-refractivity contribution in [2.75, 3.05) is 0 Å². The van der Waals surface area contributed by atoms with E-state index < -0.39 is 11.4 Å². The number of hydrogen-bond acceptors (Lipinski definition) is 2. The van der Waals surface area contributed by atoms with Crippen LogP contribution in [0, 0.1) is 5.41 Å². The van der Waals surface area contributed by atoms with Gasteiger partial charge < -0.3 is 5.11 Å². The molecule has 0 spiro atoms. The van der Waals surface area contributed by atoms with Gasteiger partial charge in [0.25, 0.3) is 0 Å². The number of carboxylic acid groups (broad SMARTS) is 1. The van der Waals surface area contributed by atoms with Gasteiger partial charge in [-0.3, -0.25) is 4.79 Å². The lowest BCUT2D eigenvalue weighted by Crippen LogP contribution is -2.26. The molecule has 0 radical (unpaired) electrons. The lowest BCUT2D eigenvalue weighted by atomic mass is 9.86. The molecular formula is C10H12BrNO2. The van der Waals surface area contributed by atoms with E-state index in [-0.39, 0.29) is 0 Å². The Morgan fingerprint density at radius 1 is 1.64 bits per heavy atom. The molecule has 0 aliphatic rings. The fourth-order valence-electron chi connectivity index (χ4n) is 1.14. The van der Waals surface area contributed by atoms with Gasteiger partial charge in [0.2, 0.25) is 0 Å². The fourth-order valence-corrected chi connectivity index (χ4v) is 1.55. The number of aliphatic carboxylic acids is 1. The molecule has 3 nitrogen and oxygen atoms in total. The maximum atomic E-state index is 10.9. The maximum absolute atomic E-state index is 10.9. The van der Waals surface area contributed by atoms with Gasteiger partial charge >= 0.3 is 5.97 Å². The van der Waals surface area contributed by atoms with E-state index >= 15 is 0 Å².